The summed E-state index contributed by atoms with van der Waals surface area (Å²) < 4.78 is 10.9. The standard InChI is InChI=1S/C25H31ClN2O4/c1-3-23(25(30)27-20-8-4-5-9-20)28(16-18-11-13-21(31-2)14-12-18)24(29)17-32-22-10-6-7-19(26)15-22/h6-7,10-15,20,23H,3-5,8-9,16-17H2,1-2H3,(H,27,30)/t23-/m0/s1. The maximum atomic E-state index is 13.2. The zero-order chi connectivity index (χ0) is 22.9. The molecule has 0 saturated heterocycles. The van der Waals surface area contributed by atoms with E-state index in [0.717, 1.165) is 37.0 Å². The minimum absolute atomic E-state index is 0.107. The molecule has 2 aromatic rings. The molecule has 0 aliphatic heterocycles. The predicted octanol–water partition coefficient (Wildman–Crippen LogP) is 4.59. The average Bonchev–Trinajstić information content (AvgIpc) is 3.31. The zero-order valence-corrected chi connectivity index (χ0v) is 19.4. The van der Waals surface area contributed by atoms with Gasteiger partial charge in [-0.15, -0.1) is 0 Å². The highest BCUT2D eigenvalue weighted by molar-refractivity contribution is 6.30. The van der Waals surface area contributed by atoms with Crippen LogP contribution in [-0.4, -0.2) is 42.5 Å². The SMILES string of the molecule is CC[C@@H](C(=O)NC1CCCC1)N(Cc1ccc(OC)cc1)C(=O)COc1cccc(Cl)c1. The molecule has 6 nitrogen and oxygen atoms in total. The van der Waals surface area contributed by atoms with E-state index in [1.54, 1.807) is 36.3 Å². The second kappa shape index (κ2) is 11.8. The first-order valence-electron chi connectivity index (χ1n) is 11.1. The Balaban J connectivity index is 1.75. The minimum atomic E-state index is -0.576. The predicted molar refractivity (Wildman–Crippen MR) is 125 cm³/mol. The van der Waals surface area contributed by atoms with Crippen LogP contribution in [0.1, 0.15) is 44.6 Å². The number of carbonyl (C=O) groups is 2. The Bertz CT molecular complexity index is 897. The van der Waals surface area contributed by atoms with E-state index in [4.69, 9.17) is 21.1 Å². The molecule has 0 aromatic heterocycles. The van der Waals surface area contributed by atoms with Gasteiger partial charge in [0.25, 0.3) is 5.91 Å². The lowest BCUT2D eigenvalue weighted by atomic mass is 10.1. The van der Waals surface area contributed by atoms with Crippen molar-refractivity contribution in [1.29, 1.82) is 0 Å². The maximum Gasteiger partial charge on any atom is 0.261 e. The molecular formula is C25H31ClN2O4. The molecule has 0 radical (unpaired) electrons. The summed E-state index contributed by atoms with van der Waals surface area (Å²) in [5.74, 6) is 0.888. The number of methoxy groups -OCH3 is 1. The fourth-order valence-corrected chi connectivity index (χ4v) is 4.18. The van der Waals surface area contributed by atoms with Crippen molar-refractivity contribution in [3.8, 4) is 11.5 Å². The third kappa shape index (κ3) is 6.63. The van der Waals surface area contributed by atoms with Crippen molar-refractivity contribution in [2.24, 2.45) is 0 Å². The average molecular weight is 459 g/mol. The first kappa shape index (κ1) is 23.9. The van der Waals surface area contributed by atoms with Crippen molar-refractivity contribution in [3.63, 3.8) is 0 Å². The van der Waals surface area contributed by atoms with Gasteiger partial charge in [0.15, 0.2) is 6.61 Å². The largest absolute Gasteiger partial charge is 0.497 e. The van der Waals surface area contributed by atoms with Crippen molar-refractivity contribution in [2.45, 2.75) is 57.7 Å². The molecule has 1 fully saturated rings. The van der Waals surface area contributed by atoms with Crippen molar-refractivity contribution in [3.05, 3.63) is 59.1 Å². The Morgan fingerprint density at radius 2 is 1.84 bits per heavy atom. The van der Waals surface area contributed by atoms with E-state index in [1.165, 1.54) is 0 Å². The highest BCUT2D eigenvalue weighted by Crippen LogP contribution is 2.21. The number of carbonyl (C=O) groups excluding carboxylic acids is 2. The number of ether oxygens (including phenoxy) is 2. The van der Waals surface area contributed by atoms with Gasteiger partial charge in [-0.1, -0.05) is 49.6 Å². The molecule has 0 bridgehead atoms. The van der Waals surface area contributed by atoms with Gasteiger partial charge in [0.2, 0.25) is 5.91 Å². The molecule has 1 atom stereocenters. The van der Waals surface area contributed by atoms with Crippen LogP contribution in [0.5, 0.6) is 11.5 Å². The van der Waals surface area contributed by atoms with Crippen molar-refractivity contribution < 1.29 is 19.1 Å². The van der Waals surface area contributed by atoms with Crippen LogP contribution in [0, 0.1) is 0 Å². The van der Waals surface area contributed by atoms with Gasteiger partial charge in [0.05, 0.1) is 7.11 Å². The smallest absolute Gasteiger partial charge is 0.261 e. The lowest BCUT2D eigenvalue weighted by Gasteiger charge is -2.31. The van der Waals surface area contributed by atoms with Crippen molar-refractivity contribution in [2.75, 3.05) is 13.7 Å². The fraction of sp³-hybridized carbons (Fsp3) is 0.440. The molecule has 0 heterocycles. The van der Waals surface area contributed by atoms with Crippen molar-refractivity contribution in [1.82, 2.24) is 10.2 Å². The van der Waals surface area contributed by atoms with Gasteiger partial charge in [-0.05, 0) is 55.2 Å². The minimum Gasteiger partial charge on any atom is -0.497 e. The summed E-state index contributed by atoms with van der Waals surface area (Å²) in [5.41, 5.74) is 0.911. The molecule has 1 aliphatic rings. The van der Waals surface area contributed by atoms with Gasteiger partial charge in [0.1, 0.15) is 17.5 Å². The first-order valence-corrected chi connectivity index (χ1v) is 11.5. The normalized spacial score (nSPS) is 14.6. The third-order valence-corrected chi connectivity index (χ3v) is 5.99. The van der Waals surface area contributed by atoms with E-state index < -0.39 is 6.04 Å². The van der Waals surface area contributed by atoms with E-state index >= 15 is 0 Å². The number of halogens is 1. The molecule has 1 saturated carbocycles. The maximum absolute atomic E-state index is 13.2. The molecule has 172 valence electrons. The van der Waals surface area contributed by atoms with Gasteiger partial charge in [-0.2, -0.15) is 0 Å². The van der Waals surface area contributed by atoms with E-state index in [9.17, 15) is 9.59 Å². The van der Waals surface area contributed by atoms with Crippen LogP contribution in [0.4, 0.5) is 0 Å². The van der Waals surface area contributed by atoms with Gasteiger partial charge < -0.3 is 19.7 Å². The van der Waals surface area contributed by atoms with Crippen LogP contribution < -0.4 is 14.8 Å². The zero-order valence-electron chi connectivity index (χ0n) is 18.7. The second-order valence-electron chi connectivity index (χ2n) is 8.03. The molecule has 2 aromatic carbocycles. The van der Waals surface area contributed by atoms with Gasteiger partial charge >= 0.3 is 0 Å². The summed E-state index contributed by atoms with van der Waals surface area (Å²) in [4.78, 5) is 27.9. The molecular weight excluding hydrogens is 428 g/mol. The summed E-state index contributed by atoms with van der Waals surface area (Å²) in [7, 11) is 1.61. The van der Waals surface area contributed by atoms with Crippen LogP contribution >= 0.6 is 11.6 Å². The van der Waals surface area contributed by atoms with E-state index in [0.29, 0.717) is 23.7 Å². The van der Waals surface area contributed by atoms with Crippen LogP contribution in [-0.2, 0) is 16.1 Å². The molecule has 0 unspecified atom stereocenters. The Labute approximate surface area is 194 Å². The fourth-order valence-electron chi connectivity index (χ4n) is 4.00. The molecule has 1 N–H and O–H groups in total. The second-order valence-corrected chi connectivity index (χ2v) is 8.47. The summed E-state index contributed by atoms with van der Waals surface area (Å²) in [6.45, 7) is 2.05. The monoisotopic (exact) mass is 458 g/mol. The number of rotatable bonds is 10. The number of hydrogen-bond acceptors (Lipinski definition) is 4. The highest BCUT2D eigenvalue weighted by atomic mass is 35.5. The van der Waals surface area contributed by atoms with Crippen LogP contribution in [0.25, 0.3) is 0 Å². The Kier molecular flexibility index (Phi) is 8.80. The van der Waals surface area contributed by atoms with E-state index in [-0.39, 0.29) is 24.5 Å². The summed E-state index contributed by atoms with van der Waals surface area (Å²) in [6, 6.07) is 14.0. The summed E-state index contributed by atoms with van der Waals surface area (Å²) in [6.07, 6.45) is 4.75. The third-order valence-electron chi connectivity index (χ3n) is 5.76. The highest BCUT2D eigenvalue weighted by Gasteiger charge is 2.30. The van der Waals surface area contributed by atoms with Crippen LogP contribution in [0.2, 0.25) is 5.02 Å². The molecule has 7 heteroatoms. The van der Waals surface area contributed by atoms with Crippen molar-refractivity contribution >= 4 is 23.4 Å². The number of benzene rings is 2. The summed E-state index contributed by atoms with van der Waals surface area (Å²) >= 11 is 6.01. The summed E-state index contributed by atoms with van der Waals surface area (Å²) in [5, 5.41) is 3.67. The number of amides is 2. The van der Waals surface area contributed by atoms with E-state index in [2.05, 4.69) is 5.32 Å². The Morgan fingerprint density at radius 1 is 1.12 bits per heavy atom. The van der Waals surface area contributed by atoms with Crippen LogP contribution in [0.3, 0.4) is 0 Å². The molecule has 2 amide bonds. The van der Waals surface area contributed by atoms with Crippen LogP contribution in [0.15, 0.2) is 48.5 Å². The van der Waals surface area contributed by atoms with Gasteiger partial charge in [-0.3, -0.25) is 9.59 Å². The number of hydrogen-bond donors (Lipinski definition) is 1. The topological polar surface area (TPSA) is 67.9 Å². The number of nitrogens with one attached hydrogen (secondary N) is 1. The molecule has 32 heavy (non-hydrogen) atoms. The quantitative estimate of drug-likeness (QED) is 0.565. The lowest BCUT2D eigenvalue weighted by molar-refractivity contribution is -0.143. The van der Waals surface area contributed by atoms with E-state index in [1.807, 2.05) is 31.2 Å². The Morgan fingerprint density at radius 3 is 2.47 bits per heavy atom. The van der Waals surface area contributed by atoms with Gasteiger partial charge in [0, 0.05) is 17.6 Å². The molecule has 0 spiro atoms. The van der Waals surface area contributed by atoms with Gasteiger partial charge in [-0.25, -0.2) is 0 Å². The Hall–Kier alpha value is -2.73. The molecule has 3 rings (SSSR count). The lowest BCUT2D eigenvalue weighted by Crippen LogP contribution is -2.52. The first-order chi connectivity index (χ1) is 15.5. The number of nitrogens with zero attached hydrogens (tertiary/aromatic N) is 1. The molecule has 1 aliphatic carbocycles.